The second kappa shape index (κ2) is 9.27. The molecular weight excluding hydrogens is 410 g/mol. The van der Waals surface area contributed by atoms with Gasteiger partial charge in [0.05, 0.1) is 23.7 Å². The van der Waals surface area contributed by atoms with E-state index in [1.165, 1.54) is 11.5 Å². The zero-order chi connectivity index (χ0) is 22.7. The highest BCUT2D eigenvalue weighted by Crippen LogP contribution is 2.28. The van der Waals surface area contributed by atoms with Crippen molar-refractivity contribution in [3.8, 4) is 5.75 Å². The average Bonchev–Trinajstić information content (AvgIpc) is 2.79. The van der Waals surface area contributed by atoms with Gasteiger partial charge in [0.1, 0.15) is 5.75 Å². The number of aromatic amines is 1. The fourth-order valence-corrected chi connectivity index (χ4v) is 4.08. The number of rotatable bonds is 6. The fourth-order valence-electron chi connectivity index (χ4n) is 4.08. The molecule has 9 heteroatoms. The highest BCUT2D eigenvalue weighted by molar-refractivity contribution is 5.91. The van der Waals surface area contributed by atoms with Crippen molar-refractivity contribution in [1.82, 2.24) is 14.5 Å². The Bertz CT molecular complexity index is 1240. The Morgan fingerprint density at radius 2 is 1.81 bits per heavy atom. The summed E-state index contributed by atoms with van der Waals surface area (Å²) in [6.45, 7) is 5.62. The topological polar surface area (TPSA) is 99.7 Å². The number of nitrogens with zero attached hydrogens (tertiary/aromatic N) is 3. The maximum atomic E-state index is 13.0. The molecule has 1 amide bonds. The summed E-state index contributed by atoms with van der Waals surface area (Å²) in [5.74, 6) is 0.634. The molecule has 1 fully saturated rings. The maximum Gasteiger partial charge on any atom is 0.328 e. The Hall–Kier alpha value is -3.59. The lowest BCUT2D eigenvalue weighted by Crippen LogP contribution is -2.48. The van der Waals surface area contributed by atoms with Crippen LogP contribution in [0.2, 0.25) is 0 Å². The van der Waals surface area contributed by atoms with Gasteiger partial charge >= 0.3 is 5.69 Å². The fraction of sp³-hybridized carbons (Fsp3) is 0.348. The van der Waals surface area contributed by atoms with E-state index in [2.05, 4.69) is 26.2 Å². The van der Waals surface area contributed by atoms with Crippen LogP contribution in [0.4, 0.5) is 11.4 Å². The number of hydrogen-bond acceptors (Lipinski definition) is 6. The Balaban J connectivity index is 1.45. The third kappa shape index (κ3) is 4.52. The van der Waals surface area contributed by atoms with E-state index in [4.69, 9.17) is 4.74 Å². The van der Waals surface area contributed by atoms with Crippen LogP contribution in [0.1, 0.15) is 6.92 Å². The lowest BCUT2D eigenvalue weighted by Gasteiger charge is -2.36. The van der Waals surface area contributed by atoms with E-state index in [1.807, 2.05) is 18.2 Å². The molecule has 2 N–H and O–H groups in total. The quantitative estimate of drug-likeness (QED) is 0.606. The van der Waals surface area contributed by atoms with E-state index in [-0.39, 0.29) is 11.5 Å². The molecule has 0 aliphatic carbocycles. The van der Waals surface area contributed by atoms with Crippen LogP contribution >= 0.6 is 0 Å². The van der Waals surface area contributed by atoms with Crippen molar-refractivity contribution in [3.63, 3.8) is 0 Å². The number of aromatic nitrogens is 2. The van der Waals surface area contributed by atoms with Gasteiger partial charge < -0.3 is 19.9 Å². The molecule has 9 nitrogen and oxygen atoms in total. The summed E-state index contributed by atoms with van der Waals surface area (Å²) in [7, 11) is 1.67. The first-order valence-corrected chi connectivity index (χ1v) is 10.6. The van der Waals surface area contributed by atoms with Gasteiger partial charge in [-0.2, -0.15) is 0 Å². The third-order valence-corrected chi connectivity index (χ3v) is 5.74. The summed E-state index contributed by atoms with van der Waals surface area (Å²) >= 11 is 0. The first-order chi connectivity index (χ1) is 15.5. The van der Waals surface area contributed by atoms with Crippen molar-refractivity contribution in [2.75, 3.05) is 50.1 Å². The molecule has 2 aromatic carbocycles. The SMILES string of the molecule is COc1ccccc1N1CCN(CCn2c(=O)[nH]c3ccc(NC(C)=O)cc3c2=O)CC1. The van der Waals surface area contributed by atoms with Crippen molar-refractivity contribution in [2.45, 2.75) is 13.5 Å². The number of benzene rings is 2. The third-order valence-electron chi connectivity index (χ3n) is 5.74. The first kappa shape index (κ1) is 21.6. The van der Waals surface area contributed by atoms with Gasteiger partial charge in [-0.1, -0.05) is 12.1 Å². The molecule has 0 atom stereocenters. The Labute approximate surface area is 185 Å². The molecule has 32 heavy (non-hydrogen) atoms. The number of hydrogen-bond donors (Lipinski definition) is 2. The number of para-hydroxylation sites is 2. The van der Waals surface area contributed by atoms with Gasteiger partial charge in [-0.05, 0) is 30.3 Å². The van der Waals surface area contributed by atoms with Crippen LogP contribution in [0.5, 0.6) is 5.75 Å². The highest BCUT2D eigenvalue weighted by Gasteiger charge is 2.20. The molecule has 168 valence electrons. The number of carbonyl (C=O) groups is 1. The molecule has 0 bridgehead atoms. The molecule has 0 saturated carbocycles. The van der Waals surface area contributed by atoms with Gasteiger partial charge in [0.15, 0.2) is 0 Å². The number of anilines is 2. The number of methoxy groups -OCH3 is 1. The summed E-state index contributed by atoms with van der Waals surface area (Å²) in [5.41, 5.74) is 1.27. The van der Waals surface area contributed by atoms with Crippen LogP contribution in [0.25, 0.3) is 10.9 Å². The summed E-state index contributed by atoms with van der Waals surface area (Å²) < 4.78 is 6.70. The number of nitrogens with one attached hydrogen (secondary N) is 2. The van der Waals surface area contributed by atoms with E-state index in [9.17, 15) is 14.4 Å². The van der Waals surface area contributed by atoms with Crippen molar-refractivity contribution >= 4 is 28.2 Å². The standard InChI is InChI=1S/C23H27N5O4/c1-16(29)24-17-7-8-19-18(15-17)22(30)28(23(31)25-19)14-11-26-9-12-27(13-10-26)20-5-3-4-6-21(20)32-2/h3-8,15H,9-14H2,1-2H3,(H,24,29)(H,25,31). The minimum absolute atomic E-state index is 0.221. The number of amides is 1. The molecular formula is C23H27N5O4. The Morgan fingerprint density at radius 1 is 1.06 bits per heavy atom. The maximum absolute atomic E-state index is 13.0. The molecule has 1 aromatic heterocycles. The molecule has 3 aromatic rings. The molecule has 0 unspecified atom stereocenters. The Morgan fingerprint density at radius 3 is 2.53 bits per heavy atom. The van der Waals surface area contributed by atoms with E-state index >= 15 is 0 Å². The van der Waals surface area contributed by atoms with Crippen LogP contribution in [-0.4, -0.2) is 60.2 Å². The van der Waals surface area contributed by atoms with Gasteiger partial charge in [0.25, 0.3) is 5.56 Å². The van der Waals surface area contributed by atoms with Crippen molar-refractivity contribution in [2.24, 2.45) is 0 Å². The molecule has 1 saturated heterocycles. The normalized spacial score (nSPS) is 14.5. The molecule has 0 radical (unpaired) electrons. The van der Waals surface area contributed by atoms with Crippen molar-refractivity contribution in [3.05, 3.63) is 63.3 Å². The minimum atomic E-state index is -0.428. The van der Waals surface area contributed by atoms with Crippen LogP contribution < -0.4 is 26.2 Å². The molecule has 4 rings (SSSR count). The minimum Gasteiger partial charge on any atom is -0.495 e. The van der Waals surface area contributed by atoms with Crippen LogP contribution in [0.15, 0.2) is 52.1 Å². The monoisotopic (exact) mass is 437 g/mol. The van der Waals surface area contributed by atoms with Gasteiger partial charge in [0, 0.05) is 51.9 Å². The lowest BCUT2D eigenvalue weighted by atomic mass is 10.2. The zero-order valence-electron chi connectivity index (χ0n) is 18.3. The second-order valence-electron chi connectivity index (χ2n) is 7.83. The average molecular weight is 438 g/mol. The second-order valence-corrected chi connectivity index (χ2v) is 7.83. The number of carbonyl (C=O) groups excluding carboxylic acids is 1. The largest absolute Gasteiger partial charge is 0.495 e. The summed E-state index contributed by atoms with van der Waals surface area (Å²) in [4.78, 5) is 44.1. The lowest BCUT2D eigenvalue weighted by molar-refractivity contribution is -0.114. The number of ether oxygens (including phenoxy) is 1. The van der Waals surface area contributed by atoms with Gasteiger partial charge in [0.2, 0.25) is 5.91 Å². The van der Waals surface area contributed by atoms with E-state index in [1.54, 1.807) is 25.3 Å². The van der Waals surface area contributed by atoms with Crippen molar-refractivity contribution < 1.29 is 9.53 Å². The molecule has 0 spiro atoms. The van der Waals surface area contributed by atoms with E-state index in [0.717, 1.165) is 37.6 Å². The predicted octanol–water partition coefficient (Wildman–Crippen LogP) is 1.48. The highest BCUT2D eigenvalue weighted by atomic mass is 16.5. The Kier molecular flexibility index (Phi) is 6.27. The van der Waals surface area contributed by atoms with Crippen LogP contribution in [0, 0.1) is 0 Å². The van der Waals surface area contributed by atoms with Crippen molar-refractivity contribution in [1.29, 1.82) is 0 Å². The molecule has 1 aliphatic rings. The zero-order valence-corrected chi connectivity index (χ0v) is 18.3. The summed E-state index contributed by atoms with van der Waals surface area (Å²) in [6.07, 6.45) is 0. The van der Waals surface area contributed by atoms with Crippen LogP contribution in [-0.2, 0) is 11.3 Å². The smallest absolute Gasteiger partial charge is 0.328 e. The van der Waals surface area contributed by atoms with Gasteiger partial charge in [-0.25, -0.2) is 4.79 Å². The number of piperazine rings is 1. The predicted molar refractivity (Wildman–Crippen MR) is 125 cm³/mol. The molecule has 1 aliphatic heterocycles. The number of H-pyrrole nitrogens is 1. The summed E-state index contributed by atoms with van der Waals surface area (Å²) in [6, 6.07) is 12.8. The van der Waals surface area contributed by atoms with Crippen LogP contribution in [0.3, 0.4) is 0 Å². The first-order valence-electron chi connectivity index (χ1n) is 10.6. The summed E-state index contributed by atoms with van der Waals surface area (Å²) in [5, 5.41) is 3.04. The van der Waals surface area contributed by atoms with E-state index in [0.29, 0.717) is 29.7 Å². The number of fused-ring (bicyclic) bond motifs is 1. The van der Waals surface area contributed by atoms with Gasteiger partial charge in [-0.15, -0.1) is 0 Å². The van der Waals surface area contributed by atoms with E-state index < -0.39 is 5.69 Å². The van der Waals surface area contributed by atoms with Gasteiger partial charge in [-0.3, -0.25) is 19.1 Å². The molecule has 2 heterocycles.